The number of carboxylic acids is 2. The highest BCUT2D eigenvalue weighted by atomic mass is 16.4. The predicted molar refractivity (Wildman–Crippen MR) is 87.3 cm³/mol. The van der Waals surface area contributed by atoms with Gasteiger partial charge in [-0.3, -0.25) is 4.68 Å². The normalized spacial score (nSPS) is 15.9. The minimum Gasteiger partial charge on any atom is -0.478 e. The van der Waals surface area contributed by atoms with Gasteiger partial charge in [0.05, 0.1) is 6.20 Å². The van der Waals surface area contributed by atoms with Crippen molar-refractivity contribution in [1.29, 1.82) is 0 Å². The van der Waals surface area contributed by atoms with Crippen molar-refractivity contribution in [3.8, 4) is 0 Å². The summed E-state index contributed by atoms with van der Waals surface area (Å²) in [4.78, 5) is 21.6. The van der Waals surface area contributed by atoms with E-state index in [4.69, 9.17) is 15.9 Å². The summed E-state index contributed by atoms with van der Waals surface area (Å²) >= 11 is 0. The van der Waals surface area contributed by atoms with Crippen LogP contribution in [0.2, 0.25) is 0 Å². The number of carbonyl (C=O) groups is 2. The highest BCUT2D eigenvalue weighted by Gasteiger charge is 2.17. The number of rotatable bonds is 7. The quantitative estimate of drug-likeness (QED) is 0.593. The van der Waals surface area contributed by atoms with E-state index in [0.29, 0.717) is 12.2 Å². The van der Waals surface area contributed by atoms with Crippen LogP contribution in [0.3, 0.4) is 0 Å². The highest BCUT2D eigenvalue weighted by Crippen LogP contribution is 2.15. The zero-order valence-corrected chi connectivity index (χ0v) is 13.6. The van der Waals surface area contributed by atoms with Gasteiger partial charge >= 0.3 is 11.9 Å². The van der Waals surface area contributed by atoms with E-state index in [1.54, 1.807) is 6.20 Å². The van der Waals surface area contributed by atoms with Crippen LogP contribution in [0.15, 0.2) is 24.5 Å². The van der Waals surface area contributed by atoms with E-state index in [9.17, 15) is 9.59 Å². The summed E-state index contributed by atoms with van der Waals surface area (Å²) < 4.78 is 1.90. The van der Waals surface area contributed by atoms with Gasteiger partial charge in [-0.2, -0.15) is 0 Å². The summed E-state index contributed by atoms with van der Waals surface area (Å²) in [6.45, 7) is 5.40. The van der Waals surface area contributed by atoms with Crippen LogP contribution in [0.4, 0.5) is 0 Å². The van der Waals surface area contributed by atoms with E-state index >= 15 is 0 Å². The molecule has 1 saturated heterocycles. The number of piperidine rings is 1. The molecule has 134 valence electrons. The molecule has 0 aliphatic carbocycles. The molecule has 2 heterocycles. The van der Waals surface area contributed by atoms with Crippen LogP contribution in [0.1, 0.15) is 19.3 Å². The van der Waals surface area contributed by atoms with Gasteiger partial charge in [0.15, 0.2) is 0 Å². The smallest absolute Gasteiger partial charge is 0.328 e. The first-order valence-corrected chi connectivity index (χ1v) is 7.91. The molecule has 24 heavy (non-hydrogen) atoms. The van der Waals surface area contributed by atoms with Crippen LogP contribution in [0.25, 0.3) is 0 Å². The van der Waals surface area contributed by atoms with Gasteiger partial charge in [0.1, 0.15) is 0 Å². The van der Waals surface area contributed by atoms with Crippen molar-refractivity contribution in [1.82, 2.24) is 19.9 Å². The van der Waals surface area contributed by atoms with Crippen LogP contribution < -0.4 is 5.73 Å². The van der Waals surface area contributed by atoms with Gasteiger partial charge in [0.25, 0.3) is 0 Å². The summed E-state index contributed by atoms with van der Waals surface area (Å²) in [5.41, 5.74) is 5.68. The van der Waals surface area contributed by atoms with Gasteiger partial charge in [-0.15, -0.1) is 5.10 Å². The fourth-order valence-electron chi connectivity index (χ4n) is 2.40. The van der Waals surface area contributed by atoms with Gasteiger partial charge in [-0.1, -0.05) is 5.21 Å². The molecular weight excluding hydrogens is 314 g/mol. The Bertz CT molecular complexity index is 494. The minimum absolute atomic E-state index is 0.558. The van der Waals surface area contributed by atoms with Crippen LogP contribution >= 0.6 is 0 Å². The number of aromatic nitrogens is 3. The summed E-state index contributed by atoms with van der Waals surface area (Å²) in [5.74, 6) is -1.76. The second-order valence-corrected chi connectivity index (χ2v) is 5.55. The highest BCUT2D eigenvalue weighted by molar-refractivity contribution is 5.89. The van der Waals surface area contributed by atoms with E-state index in [0.717, 1.165) is 32.0 Å². The lowest BCUT2D eigenvalue weighted by Gasteiger charge is -2.31. The molecule has 1 aromatic rings. The van der Waals surface area contributed by atoms with Crippen molar-refractivity contribution >= 4 is 11.9 Å². The molecule has 0 spiro atoms. The van der Waals surface area contributed by atoms with Crippen LogP contribution in [-0.4, -0.2) is 68.2 Å². The maximum absolute atomic E-state index is 9.55. The monoisotopic (exact) mass is 339 g/mol. The number of hydrogen-bond donors (Lipinski definition) is 3. The SMILES string of the molecule is NCC1CCN(CCCn2ccnn2)CC1.O=C(O)/C=C\C(=O)O. The first kappa shape index (κ1) is 19.8. The number of aliphatic carboxylic acids is 2. The Kier molecular flexibility index (Phi) is 9.32. The standard InChI is InChI=1S/C11H21N5.C4H4O4/c12-10-11-2-7-15(8-3-11)5-1-6-16-9-4-13-14-16;5-3(6)1-2-4(7)8/h4,9,11H,1-3,5-8,10,12H2;1-2H,(H,5,6)(H,7,8)/b;2-1-. The largest absolute Gasteiger partial charge is 0.478 e. The van der Waals surface area contributed by atoms with E-state index in [-0.39, 0.29) is 0 Å². The van der Waals surface area contributed by atoms with Crippen LogP contribution in [0, 0.1) is 5.92 Å². The van der Waals surface area contributed by atoms with Crippen molar-refractivity contribution in [2.24, 2.45) is 11.7 Å². The second kappa shape index (κ2) is 11.3. The summed E-state index contributed by atoms with van der Waals surface area (Å²) in [6, 6.07) is 0. The third kappa shape index (κ3) is 9.01. The zero-order chi connectivity index (χ0) is 17.8. The Hall–Kier alpha value is -2.26. The Labute approximate surface area is 140 Å². The van der Waals surface area contributed by atoms with E-state index < -0.39 is 11.9 Å². The number of carboxylic acid groups (broad SMARTS) is 2. The van der Waals surface area contributed by atoms with E-state index in [1.807, 2.05) is 10.9 Å². The van der Waals surface area contributed by atoms with Crippen molar-refractivity contribution in [3.05, 3.63) is 24.5 Å². The number of nitrogens with two attached hydrogens (primary N) is 1. The average Bonchev–Trinajstić information content (AvgIpc) is 3.07. The van der Waals surface area contributed by atoms with Gasteiger partial charge in [-0.05, 0) is 51.4 Å². The molecule has 0 aromatic carbocycles. The molecule has 0 saturated carbocycles. The van der Waals surface area contributed by atoms with Gasteiger partial charge in [0.2, 0.25) is 0 Å². The molecule has 0 radical (unpaired) electrons. The molecule has 1 fully saturated rings. The third-order valence-electron chi connectivity index (χ3n) is 3.74. The zero-order valence-electron chi connectivity index (χ0n) is 13.6. The molecule has 4 N–H and O–H groups in total. The second-order valence-electron chi connectivity index (χ2n) is 5.55. The van der Waals surface area contributed by atoms with Crippen molar-refractivity contribution in [2.75, 3.05) is 26.2 Å². The first-order valence-electron chi connectivity index (χ1n) is 7.91. The molecule has 1 aromatic heterocycles. The maximum atomic E-state index is 9.55. The fraction of sp³-hybridized carbons (Fsp3) is 0.600. The maximum Gasteiger partial charge on any atom is 0.328 e. The number of aryl methyl sites for hydroxylation is 1. The van der Waals surface area contributed by atoms with Gasteiger partial charge in [-0.25, -0.2) is 9.59 Å². The Morgan fingerprint density at radius 2 is 1.79 bits per heavy atom. The lowest BCUT2D eigenvalue weighted by atomic mass is 9.97. The molecule has 0 atom stereocenters. The van der Waals surface area contributed by atoms with Crippen molar-refractivity contribution < 1.29 is 19.8 Å². The molecule has 9 nitrogen and oxygen atoms in total. The summed E-state index contributed by atoms with van der Waals surface area (Å²) in [6.07, 6.45) is 8.44. The Morgan fingerprint density at radius 3 is 2.25 bits per heavy atom. The predicted octanol–water partition coefficient (Wildman–Crippen LogP) is 0.0507. The lowest BCUT2D eigenvalue weighted by Crippen LogP contribution is -2.36. The molecule has 9 heteroatoms. The van der Waals surface area contributed by atoms with Crippen molar-refractivity contribution in [2.45, 2.75) is 25.8 Å². The third-order valence-corrected chi connectivity index (χ3v) is 3.74. The average molecular weight is 339 g/mol. The number of hydrogen-bond acceptors (Lipinski definition) is 6. The Balaban J connectivity index is 0.000000307. The van der Waals surface area contributed by atoms with Crippen LogP contribution in [0.5, 0.6) is 0 Å². The topological polar surface area (TPSA) is 135 Å². The molecule has 1 aliphatic heterocycles. The van der Waals surface area contributed by atoms with Crippen molar-refractivity contribution in [3.63, 3.8) is 0 Å². The molecule has 0 bridgehead atoms. The van der Waals surface area contributed by atoms with E-state index in [2.05, 4.69) is 15.2 Å². The molecule has 0 unspecified atom stereocenters. The van der Waals surface area contributed by atoms with Crippen LogP contribution in [-0.2, 0) is 16.1 Å². The Morgan fingerprint density at radius 1 is 1.17 bits per heavy atom. The molecular formula is C15H25N5O4. The van der Waals surface area contributed by atoms with E-state index in [1.165, 1.54) is 25.9 Å². The number of nitrogens with zero attached hydrogens (tertiary/aromatic N) is 4. The molecule has 0 amide bonds. The molecule has 2 rings (SSSR count). The molecule has 1 aliphatic rings. The summed E-state index contributed by atoms with van der Waals surface area (Å²) in [5, 5.41) is 23.4. The minimum atomic E-state index is -1.26. The van der Waals surface area contributed by atoms with Gasteiger partial charge < -0.3 is 20.8 Å². The summed E-state index contributed by atoms with van der Waals surface area (Å²) in [7, 11) is 0. The number of likely N-dealkylation sites (tertiary alicyclic amines) is 1. The first-order chi connectivity index (χ1) is 11.5. The van der Waals surface area contributed by atoms with Gasteiger partial charge in [0, 0.05) is 24.9 Å². The fourth-order valence-corrected chi connectivity index (χ4v) is 2.40. The lowest BCUT2D eigenvalue weighted by molar-refractivity contribution is -0.134.